The summed E-state index contributed by atoms with van der Waals surface area (Å²) >= 11 is 4.58. The van der Waals surface area contributed by atoms with Crippen LogP contribution in [0.3, 0.4) is 0 Å². The second-order valence-corrected chi connectivity index (χ2v) is 9.84. The van der Waals surface area contributed by atoms with Crippen molar-refractivity contribution in [3.63, 3.8) is 0 Å². The summed E-state index contributed by atoms with van der Waals surface area (Å²) in [4.78, 5) is 7.79. The lowest BCUT2D eigenvalue weighted by Gasteiger charge is -2.13. The summed E-state index contributed by atoms with van der Waals surface area (Å²) in [7, 11) is 0. The molecule has 0 atom stereocenters. The van der Waals surface area contributed by atoms with E-state index in [1.54, 1.807) is 0 Å². The zero-order valence-corrected chi connectivity index (χ0v) is 21.7. The molecule has 0 bridgehead atoms. The molecule has 0 aliphatic rings. The minimum absolute atomic E-state index is 0.488. The van der Waals surface area contributed by atoms with Gasteiger partial charge >= 0.3 is 0 Å². The average molecular weight is 653 g/mol. The molecule has 4 aromatic carbocycles. The van der Waals surface area contributed by atoms with E-state index in [0.717, 1.165) is 35.1 Å². The summed E-state index contributed by atoms with van der Waals surface area (Å²) in [6, 6.07) is 28.7. The zero-order valence-electron chi connectivity index (χ0n) is 17.3. The van der Waals surface area contributed by atoms with Gasteiger partial charge in [0.15, 0.2) is 0 Å². The van der Waals surface area contributed by atoms with E-state index < -0.39 is 0 Å². The Bertz CT molecular complexity index is 1500. The number of ether oxygens (including phenoxy) is 1. The molecule has 0 unspecified atom stereocenters. The van der Waals surface area contributed by atoms with Gasteiger partial charge < -0.3 is 9.72 Å². The smallest absolute Gasteiger partial charge is 0.149 e. The fourth-order valence-electron chi connectivity index (χ4n) is 3.77. The molecule has 1 N–H and O–H groups in total. The van der Waals surface area contributed by atoms with Gasteiger partial charge in [-0.3, -0.25) is 0 Å². The van der Waals surface area contributed by atoms with Crippen LogP contribution in [0.2, 0.25) is 0 Å². The first-order valence-electron chi connectivity index (χ1n) is 10.3. The number of hydrogen-bond acceptors (Lipinski definition) is 3. The summed E-state index contributed by atoms with van der Waals surface area (Å²) in [5.41, 5.74) is 4.32. The predicted molar refractivity (Wildman–Crippen MR) is 150 cm³/mol. The van der Waals surface area contributed by atoms with Gasteiger partial charge in [0.1, 0.15) is 24.3 Å². The molecule has 33 heavy (non-hydrogen) atoms. The van der Waals surface area contributed by atoms with Crippen molar-refractivity contribution < 1.29 is 4.74 Å². The molecular formula is C27H17I2N3O. The Morgan fingerprint density at radius 2 is 1.70 bits per heavy atom. The standard InChI is InChI=1S/C27H17I2N3O/c28-22-13-17(12-20(15-30)27-31-24-10-3-4-11-25(24)32-27)14-23(29)26(22)33-16-19-8-5-7-18-6-1-2-9-21(18)19/h1-14H,16H2,(H,31,32)/b20-12-. The third kappa shape index (κ3) is 4.61. The van der Waals surface area contributed by atoms with E-state index in [9.17, 15) is 5.26 Å². The Morgan fingerprint density at radius 3 is 2.48 bits per heavy atom. The molecule has 0 spiro atoms. The highest BCUT2D eigenvalue weighted by molar-refractivity contribution is 14.1. The third-order valence-electron chi connectivity index (χ3n) is 5.35. The van der Waals surface area contributed by atoms with Gasteiger partial charge in [0.05, 0.1) is 23.7 Å². The van der Waals surface area contributed by atoms with E-state index in [0.29, 0.717) is 18.0 Å². The monoisotopic (exact) mass is 653 g/mol. The number of allylic oxidation sites excluding steroid dienone is 1. The highest BCUT2D eigenvalue weighted by Crippen LogP contribution is 2.32. The molecule has 0 fully saturated rings. The number of aromatic amines is 1. The maximum atomic E-state index is 9.75. The summed E-state index contributed by atoms with van der Waals surface area (Å²) in [5.74, 6) is 1.42. The van der Waals surface area contributed by atoms with Crippen LogP contribution >= 0.6 is 45.2 Å². The van der Waals surface area contributed by atoms with E-state index in [1.165, 1.54) is 10.8 Å². The number of rotatable bonds is 5. The Hall–Kier alpha value is -2.90. The maximum Gasteiger partial charge on any atom is 0.149 e. The fourth-order valence-corrected chi connectivity index (χ4v) is 5.90. The van der Waals surface area contributed by atoms with Crippen LogP contribution in [0.1, 0.15) is 17.0 Å². The fraction of sp³-hybridized carbons (Fsp3) is 0.0370. The van der Waals surface area contributed by atoms with Crippen molar-refractivity contribution in [3.05, 3.63) is 103 Å². The molecule has 0 saturated carbocycles. The summed E-state index contributed by atoms with van der Waals surface area (Å²) in [6.07, 6.45) is 1.86. The molecule has 0 saturated heterocycles. The van der Waals surface area contributed by atoms with E-state index in [-0.39, 0.29) is 0 Å². The number of H-pyrrole nitrogens is 1. The molecular weight excluding hydrogens is 636 g/mol. The molecule has 5 rings (SSSR count). The number of nitrogens with one attached hydrogen (secondary N) is 1. The molecule has 0 radical (unpaired) electrons. The average Bonchev–Trinajstić information content (AvgIpc) is 3.26. The van der Waals surface area contributed by atoms with Crippen molar-refractivity contribution in [2.75, 3.05) is 0 Å². The van der Waals surface area contributed by atoms with Gasteiger partial charge in [0.25, 0.3) is 0 Å². The van der Waals surface area contributed by atoms with Gasteiger partial charge in [-0.1, -0.05) is 54.6 Å². The van der Waals surface area contributed by atoms with E-state index >= 15 is 0 Å². The number of halogens is 2. The minimum atomic E-state index is 0.488. The Labute approximate surface area is 218 Å². The van der Waals surface area contributed by atoms with Crippen molar-refractivity contribution in [2.45, 2.75) is 6.61 Å². The van der Waals surface area contributed by atoms with Crippen molar-refractivity contribution in [3.8, 4) is 11.8 Å². The van der Waals surface area contributed by atoms with Gasteiger partial charge in [-0.05, 0) is 97.4 Å². The van der Waals surface area contributed by atoms with Crippen molar-refractivity contribution >= 4 is 78.6 Å². The van der Waals surface area contributed by atoms with Crippen LogP contribution in [-0.4, -0.2) is 9.97 Å². The summed E-state index contributed by atoms with van der Waals surface area (Å²) < 4.78 is 8.24. The highest BCUT2D eigenvalue weighted by atomic mass is 127. The number of aromatic nitrogens is 2. The van der Waals surface area contributed by atoms with Crippen molar-refractivity contribution in [1.29, 1.82) is 5.26 Å². The van der Waals surface area contributed by atoms with E-state index in [4.69, 9.17) is 4.74 Å². The molecule has 1 heterocycles. The molecule has 0 amide bonds. The van der Waals surface area contributed by atoms with Crippen molar-refractivity contribution in [1.82, 2.24) is 9.97 Å². The number of imidazole rings is 1. The molecule has 6 heteroatoms. The second-order valence-electron chi connectivity index (χ2n) is 7.51. The van der Waals surface area contributed by atoms with Crippen LogP contribution in [0.15, 0.2) is 78.9 Å². The molecule has 0 aliphatic carbocycles. The maximum absolute atomic E-state index is 9.75. The first kappa shape index (κ1) is 21.9. The first-order valence-corrected chi connectivity index (χ1v) is 12.4. The number of para-hydroxylation sites is 2. The Morgan fingerprint density at radius 1 is 0.970 bits per heavy atom. The molecule has 5 aromatic rings. The van der Waals surface area contributed by atoms with Crippen LogP contribution in [0.4, 0.5) is 0 Å². The highest BCUT2D eigenvalue weighted by Gasteiger charge is 2.12. The zero-order chi connectivity index (χ0) is 22.8. The molecule has 4 nitrogen and oxygen atoms in total. The van der Waals surface area contributed by atoms with Crippen LogP contribution in [-0.2, 0) is 6.61 Å². The topological polar surface area (TPSA) is 61.7 Å². The Balaban J connectivity index is 1.42. The van der Waals surface area contributed by atoms with E-state index in [2.05, 4.69) is 97.6 Å². The Kier molecular flexibility index (Phi) is 6.33. The summed E-state index contributed by atoms with van der Waals surface area (Å²) in [6.45, 7) is 0.491. The lowest BCUT2D eigenvalue weighted by molar-refractivity contribution is 0.303. The number of nitrogens with zero attached hydrogens (tertiary/aromatic N) is 2. The number of nitriles is 1. The largest absolute Gasteiger partial charge is 0.487 e. The molecule has 0 aliphatic heterocycles. The SMILES string of the molecule is N#C/C(=C/c1cc(I)c(OCc2cccc3ccccc23)c(I)c1)c1nc2ccccc2[nH]1. The summed E-state index contributed by atoms with van der Waals surface area (Å²) in [5, 5.41) is 12.2. The number of fused-ring (bicyclic) bond motifs is 2. The van der Waals surface area contributed by atoms with Crippen LogP contribution in [0.5, 0.6) is 5.75 Å². The van der Waals surface area contributed by atoms with Crippen LogP contribution in [0, 0.1) is 18.5 Å². The predicted octanol–water partition coefficient (Wildman–Crippen LogP) is 7.57. The quantitative estimate of drug-likeness (QED) is 0.157. The molecule has 1 aromatic heterocycles. The lowest BCUT2D eigenvalue weighted by Crippen LogP contribution is -2.00. The van der Waals surface area contributed by atoms with E-state index in [1.807, 2.05) is 48.5 Å². The van der Waals surface area contributed by atoms with Gasteiger partial charge in [0.2, 0.25) is 0 Å². The van der Waals surface area contributed by atoms with Gasteiger partial charge in [0, 0.05) is 0 Å². The van der Waals surface area contributed by atoms with Crippen molar-refractivity contribution in [2.24, 2.45) is 0 Å². The first-order chi connectivity index (χ1) is 16.1. The second kappa shape index (κ2) is 9.53. The van der Waals surface area contributed by atoms with Gasteiger partial charge in [-0.15, -0.1) is 0 Å². The van der Waals surface area contributed by atoms with Crippen LogP contribution in [0.25, 0.3) is 33.5 Å². The van der Waals surface area contributed by atoms with Gasteiger partial charge in [-0.25, -0.2) is 4.98 Å². The normalized spacial score (nSPS) is 11.6. The third-order valence-corrected chi connectivity index (χ3v) is 6.95. The van der Waals surface area contributed by atoms with Gasteiger partial charge in [-0.2, -0.15) is 5.26 Å². The lowest BCUT2D eigenvalue weighted by atomic mass is 10.1. The number of hydrogen-bond donors (Lipinski definition) is 1. The minimum Gasteiger partial charge on any atom is -0.487 e. The molecule has 160 valence electrons. The van der Waals surface area contributed by atoms with Crippen LogP contribution < -0.4 is 4.74 Å². The number of benzene rings is 4.